The summed E-state index contributed by atoms with van der Waals surface area (Å²) in [5.41, 5.74) is 0. The molecule has 0 aromatic carbocycles. The topological polar surface area (TPSA) is 513 Å². The second-order valence-corrected chi connectivity index (χ2v) is 19.3. The molecule has 0 saturated carbocycles. The highest BCUT2D eigenvalue weighted by Gasteiger charge is 2.57. The Balaban J connectivity index is 1.30. The number of aliphatic hydroxyl groups excluding tert-OH is 16. The van der Waals surface area contributed by atoms with Crippen molar-refractivity contribution < 1.29 is 148 Å². The van der Waals surface area contributed by atoms with E-state index in [1.54, 1.807) is 0 Å². The number of hydrogen-bond donors (Lipinski definition) is 19. The number of carbonyl (C=O) groups excluding carboxylic acids is 3. The number of ether oxygens (including phenoxy) is 11. The maximum atomic E-state index is 12.6. The van der Waals surface area contributed by atoms with Crippen LogP contribution in [-0.4, -0.2) is 323 Å². The standard InChI is InChI=1S/C43H73N3O30/c1-11-21(44-12(2)52)29(60)35(18(8-50)67-11)73-40-23(46-14(4)54)30(61)36(19(9-51)71-40)74-42-34(65)37(75-41-33(64)31(62)25(56)16(6-48)69-41)27(58)20(72-42)10-66-43-38(32(63)26(57)17(7-49)70-43)76-39-22(45-13(3)53)28(59)24(55)15(5-47)68-39/h11,15-43,47-51,55-65H,5-10H2,1-4H3,(H,44,52)(H,45,53)(H,46,54)/t11-,15?,16+,17?,18?,19?,20?,21?,22?,23?,24+,25+,26+,27+,28?,29+,30+,31?,32-,33?,34?,35+,36+,37-,38?,39-,40-,41+,42-,43-/m0/s1. The van der Waals surface area contributed by atoms with Gasteiger partial charge in [-0.25, -0.2) is 0 Å². The zero-order valence-electron chi connectivity index (χ0n) is 41.4. The van der Waals surface area contributed by atoms with Crippen LogP contribution in [-0.2, 0) is 66.5 Å². The Labute approximate surface area is 432 Å². The van der Waals surface area contributed by atoms with Crippen LogP contribution in [0.4, 0.5) is 0 Å². The molecule has 6 aliphatic rings. The Hall–Kier alpha value is -2.67. The quantitative estimate of drug-likeness (QED) is 0.0571. The van der Waals surface area contributed by atoms with Crippen molar-refractivity contribution >= 4 is 17.7 Å². The molecule has 0 aliphatic carbocycles. The third-order valence-electron chi connectivity index (χ3n) is 13.9. The first-order valence-corrected chi connectivity index (χ1v) is 24.4. The molecule has 33 nitrogen and oxygen atoms in total. The van der Waals surface area contributed by atoms with Gasteiger partial charge in [0.1, 0.15) is 140 Å². The Morgan fingerprint density at radius 3 is 1.25 bits per heavy atom. The highest BCUT2D eigenvalue weighted by Crippen LogP contribution is 2.36. The summed E-state index contributed by atoms with van der Waals surface area (Å²) < 4.78 is 64.4. The zero-order valence-corrected chi connectivity index (χ0v) is 41.4. The number of hydrogen-bond acceptors (Lipinski definition) is 30. The van der Waals surface area contributed by atoms with E-state index in [1.165, 1.54) is 13.8 Å². The molecule has 33 heteroatoms. The number of nitrogens with one attached hydrogen (secondary N) is 3. The minimum Gasteiger partial charge on any atom is -0.394 e. The number of rotatable bonds is 19. The maximum absolute atomic E-state index is 12.6. The lowest BCUT2D eigenvalue weighted by Crippen LogP contribution is -2.70. The van der Waals surface area contributed by atoms with Gasteiger partial charge >= 0.3 is 0 Å². The van der Waals surface area contributed by atoms with Crippen molar-refractivity contribution in [2.45, 2.75) is 212 Å². The molecule has 6 heterocycles. The maximum Gasteiger partial charge on any atom is 0.217 e. The molecular formula is C43H73N3O30. The van der Waals surface area contributed by atoms with Gasteiger partial charge in [0.2, 0.25) is 17.7 Å². The van der Waals surface area contributed by atoms with E-state index in [9.17, 15) is 96.1 Å². The molecule has 6 saturated heterocycles. The Kier molecular flexibility index (Phi) is 22.4. The van der Waals surface area contributed by atoms with Crippen LogP contribution in [0, 0.1) is 0 Å². The number of aliphatic hydroxyl groups is 16. The molecule has 76 heavy (non-hydrogen) atoms. The van der Waals surface area contributed by atoms with E-state index < -0.39 is 241 Å². The van der Waals surface area contributed by atoms with Gasteiger partial charge in [-0.2, -0.15) is 0 Å². The summed E-state index contributed by atoms with van der Waals surface area (Å²) in [7, 11) is 0. The van der Waals surface area contributed by atoms with Gasteiger partial charge in [-0.3, -0.25) is 14.4 Å². The highest BCUT2D eigenvalue weighted by molar-refractivity contribution is 5.74. The molecule has 6 aliphatic heterocycles. The van der Waals surface area contributed by atoms with E-state index in [0.29, 0.717) is 0 Å². The molecular weight excluding hydrogens is 1040 g/mol. The van der Waals surface area contributed by atoms with Crippen LogP contribution in [0.1, 0.15) is 27.7 Å². The van der Waals surface area contributed by atoms with Crippen LogP contribution < -0.4 is 16.0 Å². The lowest BCUT2D eigenvalue weighted by Gasteiger charge is -2.50. The Morgan fingerprint density at radius 1 is 0.355 bits per heavy atom. The third-order valence-corrected chi connectivity index (χ3v) is 13.9. The summed E-state index contributed by atoms with van der Waals surface area (Å²) in [5.74, 6) is -2.12. The van der Waals surface area contributed by atoms with Crippen molar-refractivity contribution in [1.29, 1.82) is 0 Å². The van der Waals surface area contributed by atoms with E-state index in [4.69, 9.17) is 52.1 Å². The molecule has 13 unspecified atom stereocenters. The summed E-state index contributed by atoms with van der Waals surface area (Å²) in [5, 5.41) is 181. The van der Waals surface area contributed by atoms with Gasteiger partial charge in [0.15, 0.2) is 31.5 Å². The van der Waals surface area contributed by atoms with E-state index in [0.717, 1.165) is 13.8 Å². The largest absolute Gasteiger partial charge is 0.394 e. The second-order valence-electron chi connectivity index (χ2n) is 19.3. The van der Waals surface area contributed by atoms with Crippen LogP contribution >= 0.6 is 0 Å². The molecule has 0 aromatic rings. The van der Waals surface area contributed by atoms with E-state index in [1.807, 2.05) is 0 Å². The molecule has 440 valence electrons. The molecule has 19 N–H and O–H groups in total. The van der Waals surface area contributed by atoms with Crippen LogP contribution in [0.25, 0.3) is 0 Å². The van der Waals surface area contributed by atoms with Gasteiger partial charge in [0.05, 0.1) is 51.8 Å². The normalized spacial score (nSPS) is 48.2. The SMILES string of the molecule is CC(=O)NC1C(O)[C@H](O)C(CO)O[C@H]1OC1[C@@H](OCC2O[C@@H](O[C@@H]3C(CO)O[C@@H](O[C@@H]4C(CO)O[C@@H](C)C(NC(C)=O)[C@H]4O)C(NC(C)=O)[C@H]3O)C(O)[C@@H](O[C@H]3O[C@H](CO)[C@@H](O)C(O)C3O)[C@@H]2O)OC(CO)[C@@H](O)[C@@H]1O. The van der Waals surface area contributed by atoms with Crippen molar-refractivity contribution in [3.63, 3.8) is 0 Å². The molecule has 3 amide bonds. The van der Waals surface area contributed by atoms with Gasteiger partial charge in [-0.1, -0.05) is 0 Å². The highest BCUT2D eigenvalue weighted by atomic mass is 16.8. The molecule has 0 bridgehead atoms. The Morgan fingerprint density at radius 2 is 0.724 bits per heavy atom. The summed E-state index contributed by atoms with van der Waals surface area (Å²) in [4.78, 5) is 36.8. The first kappa shape index (κ1) is 62.5. The van der Waals surface area contributed by atoms with Gasteiger partial charge in [-0.15, -0.1) is 0 Å². The number of carbonyl (C=O) groups is 3. The van der Waals surface area contributed by atoms with Gasteiger partial charge in [-0.05, 0) is 6.92 Å². The van der Waals surface area contributed by atoms with Gasteiger partial charge in [0, 0.05) is 20.8 Å². The van der Waals surface area contributed by atoms with Crippen LogP contribution in [0.2, 0.25) is 0 Å². The second kappa shape index (κ2) is 27.2. The van der Waals surface area contributed by atoms with Crippen molar-refractivity contribution in [1.82, 2.24) is 16.0 Å². The zero-order chi connectivity index (χ0) is 56.2. The third kappa shape index (κ3) is 13.7. The van der Waals surface area contributed by atoms with Gasteiger partial charge < -0.3 is 150 Å². The van der Waals surface area contributed by atoms with Crippen molar-refractivity contribution in [2.24, 2.45) is 0 Å². The van der Waals surface area contributed by atoms with E-state index in [2.05, 4.69) is 16.0 Å². The fraction of sp³-hybridized carbons (Fsp3) is 0.930. The van der Waals surface area contributed by atoms with Crippen molar-refractivity contribution in [3.8, 4) is 0 Å². The van der Waals surface area contributed by atoms with Crippen LogP contribution in [0.3, 0.4) is 0 Å². The van der Waals surface area contributed by atoms with Crippen LogP contribution in [0.15, 0.2) is 0 Å². The average molecular weight is 1110 g/mol. The van der Waals surface area contributed by atoms with E-state index in [-0.39, 0.29) is 0 Å². The molecule has 6 rings (SSSR count). The fourth-order valence-electron chi connectivity index (χ4n) is 9.86. The molecule has 30 atom stereocenters. The predicted octanol–water partition coefficient (Wildman–Crippen LogP) is -12.6. The average Bonchev–Trinajstić information content (AvgIpc) is 3.37. The smallest absolute Gasteiger partial charge is 0.217 e. The monoisotopic (exact) mass is 1110 g/mol. The lowest BCUT2D eigenvalue weighted by molar-refractivity contribution is -0.386. The molecule has 6 fully saturated rings. The van der Waals surface area contributed by atoms with Gasteiger partial charge in [0.25, 0.3) is 0 Å². The molecule has 0 radical (unpaired) electrons. The minimum atomic E-state index is -2.26. The first-order valence-electron chi connectivity index (χ1n) is 24.4. The lowest BCUT2D eigenvalue weighted by atomic mass is 9.92. The van der Waals surface area contributed by atoms with Crippen molar-refractivity contribution in [3.05, 3.63) is 0 Å². The first-order chi connectivity index (χ1) is 35.9. The Bertz CT molecular complexity index is 1870. The summed E-state index contributed by atoms with van der Waals surface area (Å²) >= 11 is 0. The molecule has 0 spiro atoms. The predicted molar refractivity (Wildman–Crippen MR) is 237 cm³/mol. The number of amides is 3. The van der Waals surface area contributed by atoms with Crippen molar-refractivity contribution in [2.75, 3.05) is 39.6 Å². The summed E-state index contributed by atoms with van der Waals surface area (Å²) in [6.45, 7) is -0.745. The minimum absolute atomic E-state index is 0.561. The van der Waals surface area contributed by atoms with Crippen LogP contribution in [0.5, 0.6) is 0 Å². The molecule has 0 aromatic heterocycles. The summed E-state index contributed by atoms with van der Waals surface area (Å²) in [6.07, 6.45) is -49.5. The summed E-state index contributed by atoms with van der Waals surface area (Å²) in [6, 6.07) is -4.41. The van der Waals surface area contributed by atoms with E-state index >= 15 is 0 Å². The fourth-order valence-corrected chi connectivity index (χ4v) is 9.86.